The molecule has 0 radical (unpaired) electrons. The third-order valence-corrected chi connectivity index (χ3v) is 6.67. The quantitative estimate of drug-likeness (QED) is 0.464. The summed E-state index contributed by atoms with van der Waals surface area (Å²) in [5.74, 6) is 0.609. The standard InChI is InChI=1S/C23H25N3O2S.C4H7N/c1-14-5-7-17(28-3)13-19(14)22(27)25-23(9-10-23)20-11-16(26-29-4)12-21-18(20)8-6-15(2)24-21;1-5-3-2-4-5/h5-8,11-13,26H,9-10H2,1-4H3,(H,25,27);2-3H,4H2,1H3. The summed E-state index contributed by atoms with van der Waals surface area (Å²) in [6.45, 7) is 5.08. The lowest BCUT2D eigenvalue weighted by molar-refractivity contribution is 0.0930. The Morgan fingerprint density at radius 1 is 1.15 bits per heavy atom. The second-order valence-electron chi connectivity index (χ2n) is 8.89. The molecule has 0 spiro atoms. The molecule has 1 aromatic heterocycles. The van der Waals surface area contributed by atoms with Crippen LogP contribution in [-0.2, 0) is 5.54 Å². The monoisotopic (exact) mass is 476 g/mol. The summed E-state index contributed by atoms with van der Waals surface area (Å²) in [6.07, 6.45) is 7.99. The van der Waals surface area contributed by atoms with Gasteiger partial charge in [0.25, 0.3) is 5.91 Å². The van der Waals surface area contributed by atoms with Crippen LogP contribution < -0.4 is 14.8 Å². The number of carbonyl (C=O) groups excluding carboxylic acids is 1. The zero-order chi connectivity index (χ0) is 24.3. The van der Waals surface area contributed by atoms with Crippen molar-refractivity contribution in [2.45, 2.75) is 32.2 Å². The van der Waals surface area contributed by atoms with Crippen molar-refractivity contribution in [3.05, 3.63) is 77.1 Å². The molecule has 0 saturated heterocycles. The number of rotatable bonds is 6. The van der Waals surface area contributed by atoms with Crippen molar-refractivity contribution in [1.29, 1.82) is 0 Å². The van der Waals surface area contributed by atoms with Gasteiger partial charge in [-0.2, -0.15) is 0 Å². The first-order chi connectivity index (χ1) is 16.3. The average Bonchev–Trinajstić information content (AvgIpc) is 3.58. The van der Waals surface area contributed by atoms with E-state index in [0.29, 0.717) is 11.3 Å². The number of likely N-dealkylation sites (N-methyl/N-ethyl adjacent to an activating group) is 1. The molecule has 1 aliphatic carbocycles. The Labute approximate surface area is 205 Å². The normalized spacial score (nSPS) is 15.1. The maximum Gasteiger partial charge on any atom is 0.252 e. The first-order valence-electron chi connectivity index (χ1n) is 11.4. The molecule has 2 aromatic carbocycles. The van der Waals surface area contributed by atoms with Gasteiger partial charge >= 0.3 is 0 Å². The van der Waals surface area contributed by atoms with Gasteiger partial charge in [-0.1, -0.05) is 24.1 Å². The van der Waals surface area contributed by atoms with Crippen LogP contribution in [0.4, 0.5) is 5.69 Å². The van der Waals surface area contributed by atoms with Crippen LogP contribution in [0.3, 0.4) is 0 Å². The fourth-order valence-corrected chi connectivity index (χ4v) is 4.42. The highest BCUT2D eigenvalue weighted by molar-refractivity contribution is 7.99. The number of hydrogen-bond acceptors (Lipinski definition) is 6. The summed E-state index contributed by atoms with van der Waals surface area (Å²) in [6, 6.07) is 13.9. The molecule has 34 heavy (non-hydrogen) atoms. The van der Waals surface area contributed by atoms with Crippen LogP contribution in [0.1, 0.15) is 40.0 Å². The average molecular weight is 477 g/mol. The van der Waals surface area contributed by atoms with Crippen LogP contribution in [-0.4, -0.2) is 42.7 Å². The molecular formula is C27H32N4O2S. The Hall–Kier alpha value is -3.19. The fourth-order valence-electron chi connectivity index (χ4n) is 4.07. The van der Waals surface area contributed by atoms with Crippen LogP contribution in [0.25, 0.3) is 10.9 Å². The number of pyridine rings is 1. The van der Waals surface area contributed by atoms with Crippen molar-refractivity contribution in [3.63, 3.8) is 0 Å². The van der Waals surface area contributed by atoms with E-state index in [1.165, 1.54) is 0 Å². The second kappa shape index (κ2) is 9.97. The second-order valence-corrected chi connectivity index (χ2v) is 9.50. The van der Waals surface area contributed by atoms with Crippen LogP contribution in [0.5, 0.6) is 5.75 Å². The molecule has 1 aliphatic heterocycles. The first kappa shape index (κ1) is 24.0. The molecule has 7 heteroatoms. The van der Waals surface area contributed by atoms with Crippen LogP contribution >= 0.6 is 11.9 Å². The Balaban J connectivity index is 0.000000486. The SMILES string of the molecule is CN1C=CC1.COc1ccc(C)c(C(=O)NC2(c3cc(NSC)cc4nc(C)ccc34)CC2)c1. The number of nitrogens with zero attached hydrogens (tertiary/aromatic N) is 2. The summed E-state index contributed by atoms with van der Waals surface area (Å²) in [5.41, 5.74) is 5.25. The van der Waals surface area contributed by atoms with Gasteiger partial charge in [-0.25, -0.2) is 0 Å². The van der Waals surface area contributed by atoms with Crippen molar-refractivity contribution in [2.75, 3.05) is 31.7 Å². The van der Waals surface area contributed by atoms with Gasteiger partial charge in [0, 0.05) is 42.2 Å². The molecule has 1 fully saturated rings. The highest BCUT2D eigenvalue weighted by Crippen LogP contribution is 2.49. The number of ether oxygens (including phenoxy) is 1. The number of benzene rings is 2. The van der Waals surface area contributed by atoms with Gasteiger partial charge in [-0.3, -0.25) is 9.78 Å². The van der Waals surface area contributed by atoms with Gasteiger partial charge in [-0.05, 0) is 80.4 Å². The van der Waals surface area contributed by atoms with E-state index < -0.39 is 0 Å². The molecule has 6 nitrogen and oxygen atoms in total. The van der Waals surface area contributed by atoms with E-state index in [2.05, 4.69) is 52.5 Å². The Kier molecular flexibility index (Phi) is 7.03. The van der Waals surface area contributed by atoms with Gasteiger partial charge < -0.3 is 19.7 Å². The zero-order valence-corrected chi connectivity index (χ0v) is 21.3. The lowest BCUT2D eigenvalue weighted by atomic mass is 9.97. The van der Waals surface area contributed by atoms with Crippen LogP contribution in [0.2, 0.25) is 0 Å². The van der Waals surface area contributed by atoms with E-state index in [1.54, 1.807) is 25.1 Å². The van der Waals surface area contributed by atoms with Crippen molar-refractivity contribution >= 4 is 34.4 Å². The largest absolute Gasteiger partial charge is 0.497 e. The fraction of sp³-hybridized carbons (Fsp3) is 0.333. The number of amides is 1. The van der Waals surface area contributed by atoms with Gasteiger partial charge in [0.15, 0.2) is 0 Å². The number of carbonyl (C=O) groups is 1. The molecule has 1 saturated carbocycles. The molecule has 2 heterocycles. The minimum atomic E-state index is -0.363. The van der Waals surface area contributed by atoms with E-state index in [-0.39, 0.29) is 11.4 Å². The van der Waals surface area contributed by atoms with Gasteiger partial charge in [0.05, 0.1) is 18.2 Å². The minimum Gasteiger partial charge on any atom is -0.497 e. The molecule has 0 bridgehead atoms. The first-order valence-corrected chi connectivity index (χ1v) is 12.6. The molecule has 3 aromatic rings. The van der Waals surface area contributed by atoms with Gasteiger partial charge in [0.2, 0.25) is 0 Å². The van der Waals surface area contributed by atoms with E-state index in [4.69, 9.17) is 9.72 Å². The zero-order valence-electron chi connectivity index (χ0n) is 20.4. The summed E-state index contributed by atoms with van der Waals surface area (Å²) in [5, 5.41) is 4.40. The number of aromatic nitrogens is 1. The number of fused-ring (bicyclic) bond motifs is 1. The lowest BCUT2D eigenvalue weighted by Gasteiger charge is -2.22. The maximum atomic E-state index is 13.2. The Morgan fingerprint density at radius 3 is 2.47 bits per heavy atom. The summed E-state index contributed by atoms with van der Waals surface area (Å²) in [7, 11) is 3.67. The summed E-state index contributed by atoms with van der Waals surface area (Å²) >= 11 is 1.55. The highest BCUT2D eigenvalue weighted by Gasteiger charge is 2.47. The number of methoxy groups -OCH3 is 1. The molecular weight excluding hydrogens is 444 g/mol. The predicted molar refractivity (Wildman–Crippen MR) is 141 cm³/mol. The third kappa shape index (κ3) is 5.14. The van der Waals surface area contributed by atoms with Gasteiger partial charge in [0.1, 0.15) is 5.75 Å². The van der Waals surface area contributed by atoms with Crippen molar-refractivity contribution in [2.24, 2.45) is 0 Å². The molecule has 2 N–H and O–H groups in total. The van der Waals surface area contributed by atoms with Crippen molar-refractivity contribution in [3.8, 4) is 5.75 Å². The molecule has 0 unspecified atom stereocenters. The summed E-state index contributed by atoms with van der Waals surface area (Å²) < 4.78 is 8.62. The molecule has 2 aliphatic rings. The minimum absolute atomic E-state index is 0.0738. The van der Waals surface area contributed by atoms with Crippen LogP contribution in [0.15, 0.2) is 54.7 Å². The highest BCUT2D eigenvalue weighted by atomic mass is 32.2. The number of hydrogen-bond donors (Lipinski definition) is 2. The topological polar surface area (TPSA) is 66.5 Å². The molecule has 0 atom stereocenters. The van der Waals surface area contributed by atoms with Crippen molar-refractivity contribution in [1.82, 2.24) is 15.2 Å². The smallest absolute Gasteiger partial charge is 0.252 e. The third-order valence-electron chi connectivity index (χ3n) is 6.23. The maximum absolute atomic E-state index is 13.2. The predicted octanol–water partition coefficient (Wildman–Crippen LogP) is 5.41. The van der Waals surface area contributed by atoms with E-state index in [1.807, 2.05) is 38.3 Å². The summed E-state index contributed by atoms with van der Waals surface area (Å²) in [4.78, 5) is 20.0. The van der Waals surface area contributed by atoms with Crippen LogP contribution in [0, 0.1) is 13.8 Å². The Morgan fingerprint density at radius 2 is 1.88 bits per heavy atom. The number of aryl methyl sites for hydroxylation is 2. The number of anilines is 1. The van der Waals surface area contributed by atoms with E-state index in [9.17, 15) is 4.79 Å². The molecule has 1 amide bonds. The van der Waals surface area contributed by atoms with E-state index in [0.717, 1.165) is 52.8 Å². The van der Waals surface area contributed by atoms with E-state index >= 15 is 0 Å². The lowest BCUT2D eigenvalue weighted by Crippen LogP contribution is -2.35. The van der Waals surface area contributed by atoms with Gasteiger partial charge in [-0.15, -0.1) is 0 Å². The molecule has 5 rings (SSSR count). The van der Waals surface area contributed by atoms with Crippen molar-refractivity contribution < 1.29 is 9.53 Å². The molecule has 178 valence electrons. The Bertz CT molecular complexity index is 1240. The number of nitrogens with one attached hydrogen (secondary N) is 2.